The molecule has 3 aromatic rings. The molecule has 1 aromatic heterocycles. The van der Waals surface area contributed by atoms with E-state index >= 15 is 0 Å². The van der Waals surface area contributed by atoms with Crippen molar-refractivity contribution in [1.82, 2.24) is 9.90 Å². The van der Waals surface area contributed by atoms with E-state index in [-0.39, 0.29) is 17.1 Å². The predicted octanol–water partition coefficient (Wildman–Crippen LogP) is 4.01. The fraction of sp³-hybridized carbons (Fsp3) is 0.333. The third-order valence-corrected chi connectivity index (χ3v) is 4.52. The van der Waals surface area contributed by atoms with Gasteiger partial charge in [0.25, 0.3) is 0 Å². The minimum absolute atomic E-state index is 0. The zero-order valence-electron chi connectivity index (χ0n) is 16.0. The van der Waals surface area contributed by atoms with Crippen molar-refractivity contribution >= 4 is 0 Å². The monoisotopic (exact) mass is 382 g/mol. The maximum absolute atomic E-state index is 4.69. The summed E-state index contributed by atoms with van der Waals surface area (Å²) in [5, 5.41) is 4.69. The van der Waals surface area contributed by atoms with Gasteiger partial charge in [-0.3, -0.25) is 0 Å². The molecule has 0 unspecified atom stereocenters. The molecule has 0 bridgehead atoms. The van der Waals surface area contributed by atoms with Gasteiger partial charge in [0.15, 0.2) is 0 Å². The number of aryl methyl sites for hydroxylation is 7. The first-order valence-corrected chi connectivity index (χ1v) is 8.33. The van der Waals surface area contributed by atoms with Crippen molar-refractivity contribution in [3.05, 3.63) is 63.8 Å². The zero-order valence-corrected chi connectivity index (χ0v) is 16.9. The number of nitrogens with zero attached hydrogens (tertiary/aromatic N) is 3. The van der Waals surface area contributed by atoms with Crippen molar-refractivity contribution in [3.63, 3.8) is 0 Å². The molecular formula is C21H25CuN3+. The Bertz CT molecular complexity index is 892. The Kier molecular flexibility index (Phi) is 5.55. The van der Waals surface area contributed by atoms with E-state index in [4.69, 9.17) is 5.21 Å². The standard InChI is InChI=1S/C21H25N3.Cu/c1-13-8-15(3)20(16(4)9-13)19-12-24(22-23(19)7)21-17(5)10-14(2)11-18(21)6;/h8-11H,1-7H3;/q;+1. The van der Waals surface area contributed by atoms with Gasteiger partial charge in [-0.2, -0.15) is 4.68 Å². The molecule has 0 spiro atoms. The molecule has 0 atom stereocenters. The molecule has 0 saturated heterocycles. The Morgan fingerprint density at radius 3 is 1.72 bits per heavy atom. The fourth-order valence-corrected chi connectivity index (χ4v) is 3.75. The molecule has 0 aliphatic carbocycles. The average molecular weight is 383 g/mol. The van der Waals surface area contributed by atoms with Crippen LogP contribution in [-0.4, -0.2) is 9.90 Å². The molecule has 3 rings (SSSR count). The zero-order chi connectivity index (χ0) is 17.6. The molecule has 3 nitrogen and oxygen atoms in total. The summed E-state index contributed by atoms with van der Waals surface area (Å²) in [6, 6.07) is 8.82. The van der Waals surface area contributed by atoms with E-state index in [1.165, 1.54) is 38.9 Å². The van der Waals surface area contributed by atoms with Gasteiger partial charge in [-0.15, -0.1) is 0 Å². The first-order chi connectivity index (χ1) is 11.3. The Morgan fingerprint density at radius 2 is 1.24 bits per heavy atom. The van der Waals surface area contributed by atoms with Crippen LogP contribution in [0.3, 0.4) is 0 Å². The molecule has 0 aliphatic heterocycles. The molecule has 0 amide bonds. The number of hydrogen-bond acceptors (Lipinski definition) is 1. The fourth-order valence-electron chi connectivity index (χ4n) is 3.75. The molecule has 0 saturated carbocycles. The number of benzene rings is 2. The normalized spacial score (nSPS) is 10.7. The summed E-state index contributed by atoms with van der Waals surface area (Å²) in [4.78, 5) is 0. The Labute approximate surface area is 161 Å². The largest absolute Gasteiger partial charge is 1.00 e. The van der Waals surface area contributed by atoms with Crippen LogP contribution in [-0.2, 0) is 24.1 Å². The molecule has 0 N–H and O–H groups in total. The number of rotatable bonds is 2. The maximum atomic E-state index is 4.69. The molecule has 1 heterocycles. The summed E-state index contributed by atoms with van der Waals surface area (Å²) < 4.78 is 3.81. The van der Waals surface area contributed by atoms with Gasteiger partial charge in [0.05, 0.1) is 22.8 Å². The number of hydrogen-bond donors (Lipinski definition) is 0. The van der Waals surface area contributed by atoms with Crippen LogP contribution >= 0.6 is 0 Å². The minimum atomic E-state index is 0. The second-order valence-corrected chi connectivity index (χ2v) is 6.91. The van der Waals surface area contributed by atoms with E-state index in [0.717, 1.165) is 11.4 Å². The minimum Gasteiger partial charge on any atom is -0.206 e. The average Bonchev–Trinajstić information content (AvgIpc) is 2.78. The first kappa shape index (κ1) is 19.4. The number of aromatic nitrogens is 3. The molecule has 0 fully saturated rings. The Hall–Kier alpha value is -1.90. The molecular weight excluding hydrogens is 358 g/mol. The van der Waals surface area contributed by atoms with Crippen LogP contribution < -0.4 is 4.68 Å². The summed E-state index contributed by atoms with van der Waals surface area (Å²) in [6.07, 6.45) is 3.48. The summed E-state index contributed by atoms with van der Waals surface area (Å²) >= 11 is 0. The molecule has 134 valence electrons. The van der Waals surface area contributed by atoms with Crippen LogP contribution in [0.2, 0.25) is 0 Å². The van der Waals surface area contributed by atoms with Crippen LogP contribution in [0.1, 0.15) is 33.4 Å². The van der Waals surface area contributed by atoms with Crippen molar-refractivity contribution in [3.8, 4) is 16.9 Å². The van der Waals surface area contributed by atoms with E-state index < -0.39 is 0 Å². The van der Waals surface area contributed by atoms with Crippen molar-refractivity contribution in [2.45, 2.75) is 41.5 Å². The van der Waals surface area contributed by atoms with E-state index in [2.05, 4.69) is 72.0 Å². The van der Waals surface area contributed by atoms with E-state index in [9.17, 15) is 0 Å². The van der Waals surface area contributed by atoms with Crippen molar-refractivity contribution in [1.29, 1.82) is 0 Å². The van der Waals surface area contributed by atoms with Crippen LogP contribution in [0.15, 0.2) is 24.3 Å². The van der Waals surface area contributed by atoms with Crippen LogP contribution in [0.25, 0.3) is 16.9 Å². The van der Waals surface area contributed by atoms with Gasteiger partial charge in [-0.05, 0) is 27.7 Å². The quantitative estimate of drug-likeness (QED) is 0.373. The van der Waals surface area contributed by atoms with Crippen LogP contribution in [0.4, 0.5) is 0 Å². The van der Waals surface area contributed by atoms with E-state index in [1.807, 2.05) is 16.4 Å². The SMILES string of the molecule is Cc1cc(C)c(-c2[c-][n+](-c3c(C)cc(C)cc3C)nn2C)c(C)c1.[Cu+]. The third kappa shape index (κ3) is 3.56. The molecule has 25 heavy (non-hydrogen) atoms. The van der Waals surface area contributed by atoms with Gasteiger partial charge >= 0.3 is 17.1 Å². The molecule has 0 aliphatic rings. The molecule has 2 aromatic carbocycles. The van der Waals surface area contributed by atoms with Gasteiger partial charge in [0, 0.05) is 0 Å². The van der Waals surface area contributed by atoms with Gasteiger partial charge in [-0.1, -0.05) is 77.1 Å². The summed E-state index contributed by atoms with van der Waals surface area (Å²) in [5.41, 5.74) is 10.9. The molecule has 0 radical (unpaired) electrons. The van der Waals surface area contributed by atoms with Crippen molar-refractivity contribution in [2.75, 3.05) is 0 Å². The Morgan fingerprint density at radius 1 is 0.800 bits per heavy atom. The van der Waals surface area contributed by atoms with Gasteiger partial charge in [0.1, 0.15) is 7.05 Å². The smallest absolute Gasteiger partial charge is 0.206 e. The molecule has 4 heteroatoms. The maximum Gasteiger partial charge on any atom is 1.00 e. The summed E-state index contributed by atoms with van der Waals surface area (Å²) in [7, 11) is 1.99. The summed E-state index contributed by atoms with van der Waals surface area (Å²) in [5.74, 6) is 0. The third-order valence-electron chi connectivity index (χ3n) is 4.52. The van der Waals surface area contributed by atoms with Gasteiger partial charge in [-0.25, -0.2) is 4.68 Å². The first-order valence-electron chi connectivity index (χ1n) is 8.33. The topological polar surface area (TPSA) is 21.7 Å². The van der Waals surface area contributed by atoms with Crippen LogP contribution in [0, 0.1) is 47.7 Å². The van der Waals surface area contributed by atoms with Crippen molar-refractivity contribution < 1.29 is 21.8 Å². The van der Waals surface area contributed by atoms with Crippen LogP contribution in [0.5, 0.6) is 0 Å². The van der Waals surface area contributed by atoms with E-state index in [0.29, 0.717) is 0 Å². The Balaban J connectivity index is 0.00000225. The van der Waals surface area contributed by atoms with Crippen molar-refractivity contribution in [2.24, 2.45) is 7.05 Å². The second kappa shape index (κ2) is 7.15. The van der Waals surface area contributed by atoms with E-state index in [1.54, 1.807) is 0 Å². The predicted molar refractivity (Wildman–Crippen MR) is 97.4 cm³/mol. The van der Waals surface area contributed by atoms with Gasteiger partial charge < -0.3 is 0 Å². The second-order valence-electron chi connectivity index (χ2n) is 6.91. The van der Waals surface area contributed by atoms with Gasteiger partial charge in [0.2, 0.25) is 0 Å². The summed E-state index contributed by atoms with van der Waals surface area (Å²) in [6.45, 7) is 12.8.